The molecule has 1 rings (SSSR count). The Morgan fingerprint density at radius 3 is 2.65 bits per heavy atom. The molecule has 3 N–H and O–H groups in total. The highest BCUT2D eigenvalue weighted by Crippen LogP contribution is 2.15. The van der Waals surface area contributed by atoms with Crippen LogP contribution in [0.3, 0.4) is 0 Å². The van der Waals surface area contributed by atoms with Gasteiger partial charge in [0.25, 0.3) is 0 Å². The van der Waals surface area contributed by atoms with Gasteiger partial charge in [-0.2, -0.15) is 0 Å². The van der Waals surface area contributed by atoms with Crippen LogP contribution in [0.1, 0.15) is 20.3 Å². The van der Waals surface area contributed by atoms with E-state index >= 15 is 0 Å². The molecule has 0 bridgehead atoms. The third-order valence-electron chi connectivity index (χ3n) is 2.49. The van der Waals surface area contributed by atoms with E-state index in [1.54, 1.807) is 13.0 Å². The summed E-state index contributed by atoms with van der Waals surface area (Å²) in [5, 5.41) is 7.65. The molecule has 6 heteroatoms. The summed E-state index contributed by atoms with van der Waals surface area (Å²) in [4.78, 5) is 11.6. The molecule has 17 heavy (non-hydrogen) atoms. The highest BCUT2D eigenvalue weighted by atomic mass is 32.2. The number of sulfonamides is 1. The molecule has 0 saturated heterocycles. The summed E-state index contributed by atoms with van der Waals surface area (Å²) in [5.74, 6) is -0.257. The van der Waals surface area contributed by atoms with Gasteiger partial charge in [-0.25, -0.2) is 13.6 Å². The Morgan fingerprint density at radius 2 is 2.12 bits per heavy atom. The number of hydrogen-bond donors (Lipinski definition) is 2. The van der Waals surface area contributed by atoms with Crippen LogP contribution in [0.5, 0.6) is 0 Å². The zero-order valence-corrected chi connectivity index (χ0v) is 10.6. The maximum Gasteiger partial charge on any atom is 0.238 e. The molecule has 1 unspecified atom stereocenters. The van der Waals surface area contributed by atoms with Gasteiger partial charge in [0.05, 0.1) is 4.90 Å². The number of carbonyl (C=O) groups is 1. The van der Waals surface area contributed by atoms with Gasteiger partial charge >= 0.3 is 0 Å². The minimum absolute atomic E-state index is 0.0144. The van der Waals surface area contributed by atoms with Crippen LogP contribution >= 0.6 is 0 Å². The van der Waals surface area contributed by atoms with Crippen LogP contribution in [0.2, 0.25) is 0 Å². The van der Waals surface area contributed by atoms with E-state index in [0.29, 0.717) is 5.69 Å². The molecular weight excluding hydrogens is 240 g/mol. The fraction of sp³-hybridized carbons (Fsp3) is 0.364. The highest BCUT2D eigenvalue weighted by molar-refractivity contribution is 7.89. The lowest BCUT2D eigenvalue weighted by Gasteiger charge is -2.10. The van der Waals surface area contributed by atoms with Crippen LogP contribution in [-0.2, 0) is 14.8 Å². The second kappa shape index (κ2) is 5.29. The molecule has 0 radical (unpaired) electrons. The zero-order valence-electron chi connectivity index (χ0n) is 9.80. The van der Waals surface area contributed by atoms with Crippen molar-refractivity contribution in [2.24, 2.45) is 11.1 Å². The van der Waals surface area contributed by atoms with Crippen LogP contribution in [0.4, 0.5) is 5.69 Å². The fourth-order valence-electron chi connectivity index (χ4n) is 1.20. The Kier molecular flexibility index (Phi) is 4.25. The lowest BCUT2D eigenvalue weighted by Crippen LogP contribution is -2.20. The van der Waals surface area contributed by atoms with Crippen molar-refractivity contribution in [2.75, 3.05) is 5.32 Å². The molecule has 1 aromatic carbocycles. The monoisotopic (exact) mass is 256 g/mol. The van der Waals surface area contributed by atoms with Crippen LogP contribution in [-0.4, -0.2) is 14.3 Å². The molecule has 1 aromatic rings. The highest BCUT2D eigenvalue weighted by Gasteiger charge is 2.12. The molecule has 0 saturated carbocycles. The van der Waals surface area contributed by atoms with E-state index in [4.69, 9.17) is 5.14 Å². The number of nitrogens with one attached hydrogen (secondary N) is 1. The first-order valence-electron chi connectivity index (χ1n) is 5.28. The van der Waals surface area contributed by atoms with Gasteiger partial charge in [0.15, 0.2) is 0 Å². The maximum atomic E-state index is 11.6. The summed E-state index contributed by atoms with van der Waals surface area (Å²) in [7, 11) is -3.74. The van der Waals surface area contributed by atoms with Crippen LogP contribution in [0.15, 0.2) is 29.2 Å². The number of anilines is 1. The van der Waals surface area contributed by atoms with E-state index in [0.717, 1.165) is 6.42 Å². The minimum Gasteiger partial charge on any atom is -0.326 e. The van der Waals surface area contributed by atoms with E-state index in [2.05, 4.69) is 5.32 Å². The van der Waals surface area contributed by atoms with E-state index in [1.807, 2.05) is 6.92 Å². The second-order valence-electron chi connectivity index (χ2n) is 3.87. The lowest BCUT2D eigenvalue weighted by atomic mass is 10.1. The van der Waals surface area contributed by atoms with E-state index in [9.17, 15) is 13.2 Å². The Morgan fingerprint density at radius 1 is 1.47 bits per heavy atom. The van der Waals surface area contributed by atoms with Gasteiger partial charge < -0.3 is 5.32 Å². The molecule has 0 heterocycles. The molecule has 94 valence electrons. The number of benzene rings is 1. The first kappa shape index (κ1) is 13.7. The quantitative estimate of drug-likeness (QED) is 0.851. The first-order valence-corrected chi connectivity index (χ1v) is 6.83. The van der Waals surface area contributed by atoms with E-state index < -0.39 is 10.0 Å². The molecule has 1 amide bonds. The van der Waals surface area contributed by atoms with Crippen molar-refractivity contribution < 1.29 is 13.2 Å². The standard InChI is InChI=1S/C11H16N2O3S/c1-3-8(2)11(14)13-9-5-4-6-10(7-9)17(12,15)16/h4-8H,3H2,1-2H3,(H,13,14)(H2,12,15,16). The Hall–Kier alpha value is -1.40. The largest absolute Gasteiger partial charge is 0.326 e. The summed E-state index contributed by atoms with van der Waals surface area (Å²) in [6.45, 7) is 3.71. The van der Waals surface area contributed by atoms with Crippen molar-refractivity contribution >= 4 is 21.6 Å². The molecule has 0 aliphatic heterocycles. The van der Waals surface area contributed by atoms with Crippen molar-refractivity contribution in [1.82, 2.24) is 0 Å². The van der Waals surface area contributed by atoms with Crippen molar-refractivity contribution in [2.45, 2.75) is 25.2 Å². The lowest BCUT2D eigenvalue weighted by molar-refractivity contribution is -0.119. The normalized spacial score (nSPS) is 13.1. The summed E-state index contributed by atoms with van der Waals surface area (Å²) in [5.41, 5.74) is 0.432. The molecule has 1 atom stereocenters. The molecule has 0 aliphatic rings. The average molecular weight is 256 g/mol. The van der Waals surface area contributed by atoms with Gasteiger partial charge in [-0.05, 0) is 24.6 Å². The Balaban J connectivity index is 2.91. The first-order chi connectivity index (χ1) is 7.84. The summed E-state index contributed by atoms with van der Waals surface area (Å²) in [6.07, 6.45) is 0.723. The van der Waals surface area contributed by atoms with Gasteiger partial charge in [-0.3, -0.25) is 4.79 Å². The van der Waals surface area contributed by atoms with Crippen LogP contribution in [0.25, 0.3) is 0 Å². The molecule has 0 aliphatic carbocycles. The predicted octanol–water partition coefficient (Wildman–Crippen LogP) is 1.32. The third kappa shape index (κ3) is 3.83. The Bertz CT molecular complexity index is 511. The van der Waals surface area contributed by atoms with Gasteiger partial charge in [0, 0.05) is 11.6 Å². The third-order valence-corrected chi connectivity index (χ3v) is 3.40. The SMILES string of the molecule is CCC(C)C(=O)Nc1cccc(S(N)(=O)=O)c1. The van der Waals surface area contributed by atoms with Crippen molar-refractivity contribution in [3.8, 4) is 0 Å². The summed E-state index contributed by atoms with van der Waals surface area (Å²) < 4.78 is 22.3. The number of rotatable bonds is 4. The van der Waals surface area contributed by atoms with Gasteiger partial charge in [-0.1, -0.05) is 19.9 Å². The maximum absolute atomic E-state index is 11.6. The smallest absolute Gasteiger partial charge is 0.238 e. The Labute approximate surface area is 101 Å². The van der Waals surface area contributed by atoms with Crippen molar-refractivity contribution in [3.05, 3.63) is 24.3 Å². The number of amides is 1. The molecule has 0 fully saturated rings. The minimum atomic E-state index is -3.74. The number of primary sulfonamides is 1. The fourth-order valence-corrected chi connectivity index (χ4v) is 1.76. The van der Waals surface area contributed by atoms with E-state index in [-0.39, 0.29) is 16.7 Å². The van der Waals surface area contributed by atoms with Gasteiger partial charge in [0.2, 0.25) is 15.9 Å². The van der Waals surface area contributed by atoms with Crippen LogP contribution < -0.4 is 10.5 Å². The zero-order chi connectivity index (χ0) is 13.1. The summed E-state index contributed by atoms with van der Waals surface area (Å²) in [6, 6.07) is 5.88. The average Bonchev–Trinajstić information content (AvgIpc) is 2.27. The number of carbonyl (C=O) groups excluding carboxylic acids is 1. The van der Waals surface area contributed by atoms with Crippen LogP contribution in [0, 0.1) is 5.92 Å². The molecular formula is C11H16N2O3S. The topological polar surface area (TPSA) is 89.3 Å². The predicted molar refractivity (Wildman–Crippen MR) is 65.9 cm³/mol. The summed E-state index contributed by atoms with van der Waals surface area (Å²) >= 11 is 0. The molecule has 0 aromatic heterocycles. The second-order valence-corrected chi connectivity index (χ2v) is 5.43. The van der Waals surface area contributed by atoms with Gasteiger partial charge in [0.1, 0.15) is 0 Å². The van der Waals surface area contributed by atoms with Crippen molar-refractivity contribution in [1.29, 1.82) is 0 Å². The molecule has 0 spiro atoms. The number of nitrogens with two attached hydrogens (primary N) is 1. The van der Waals surface area contributed by atoms with Gasteiger partial charge in [-0.15, -0.1) is 0 Å². The van der Waals surface area contributed by atoms with E-state index in [1.165, 1.54) is 18.2 Å². The van der Waals surface area contributed by atoms with Crippen molar-refractivity contribution in [3.63, 3.8) is 0 Å². The molecule has 5 nitrogen and oxygen atoms in total. The number of hydrogen-bond acceptors (Lipinski definition) is 3.